The van der Waals surface area contributed by atoms with Crippen molar-refractivity contribution in [2.24, 2.45) is 29.6 Å². The van der Waals surface area contributed by atoms with Gasteiger partial charge < -0.3 is 5.32 Å². The molecule has 1 aromatic rings. The number of hydrogen-bond acceptors (Lipinski definition) is 1. The number of rotatable bonds is 3. The minimum Gasteiger partial charge on any atom is -0.313 e. The van der Waals surface area contributed by atoms with Crippen molar-refractivity contribution in [3.63, 3.8) is 0 Å². The lowest BCUT2D eigenvalue weighted by Crippen LogP contribution is -2.22. The predicted octanol–water partition coefficient (Wildman–Crippen LogP) is 4.17. The first kappa shape index (κ1) is 13.0. The summed E-state index contributed by atoms with van der Waals surface area (Å²) < 4.78 is 26.8. The number of halogens is 3. The molecule has 20 heavy (non-hydrogen) atoms. The molecule has 108 valence electrons. The summed E-state index contributed by atoms with van der Waals surface area (Å²) in [4.78, 5) is 0. The molecule has 3 fully saturated rings. The second kappa shape index (κ2) is 4.41. The van der Waals surface area contributed by atoms with Gasteiger partial charge in [0.25, 0.3) is 0 Å². The van der Waals surface area contributed by atoms with Crippen LogP contribution < -0.4 is 5.32 Å². The minimum absolute atomic E-state index is 0.0519. The van der Waals surface area contributed by atoms with Crippen LogP contribution in [0.5, 0.6) is 0 Å². The second-order valence-electron chi connectivity index (χ2n) is 6.62. The Labute approximate surface area is 122 Å². The van der Waals surface area contributed by atoms with Gasteiger partial charge in [-0.15, -0.1) is 0 Å². The largest absolute Gasteiger partial charge is 0.313 e. The monoisotopic (exact) mass is 297 g/mol. The molecule has 3 saturated carbocycles. The lowest BCUT2D eigenvalue weighted by Gasteiger charge is -2.21. The fraction of sp³-hybridized carbons (Fsp3) is 0.625. The van der Waals surface area contributed by atoms with Gasteiger partial charge in [-0.2, -0.15) is 0 Å². The topological polar surface area (TPSA) is 12.0 Å². The molecule has 1 N–H and O–H groups in total. The normalized spacial score (nSPS) is 38.9. The van der Waals surface area contributed by atoms with E-state index in [-0.39, 0.29) is 6.04 Å². The van der Waals surface area contributed by atoms with E-state index in [2.05, 4.69) is 5.32 Å². The van der Waals surface area contributed by atoms with Gasteiger partial charge in [-0.05, 0) is 73.6 Å². The van der Waals surface area contributed by atoms with Crippen LogP contribution in [0, 0.1) is 41.2 Å². The van der Waals surface area contributed by atoms with Crippen LogP contribution in [0.4, 0.5) is 8.78 Å². The summed E-state index contributed by atoms with van der Waals surface area (Å²) in [7, 11) is 1.89. The summed E-state index contributed by atoms with van der Waals surface area (Å²) in [6.07, 6.45) is 4.09. The van der Waals surface area contributed by atoms with Gasteiger partial charge in [-0.1, -0.05) is 11.6 Å². The molecule has 0 aliphatic heterocycles. The zero-order chi connectivity index (χ0) is 14.0. The van der Waals surface area contributed by atoms with Gasteiger partial charge in [0.15, 0.2) is 11.6 Å². The Morgan fingerprint density at radius 2 is 1.75 bits per heavy atom. The van der Waals surface area contributed by atoms with E-state index in [0.29, 0.717) is 16.5 Å². The van der Waals surface area contributed by atoms with Crippen LogP contribution in [-0.4, -0.2) is 7.05 Å². The van der Waals surface area contributed by atoms with E-state index in [4.69, 9.17) is 11.6 Å². The molecule has 0 amide bonds. The van der Waals surface area contributed by atoms with Crippen LogP contribution in [0.25, 0.3) is 0 Å². The van der Waals surface area contributed by atoms with Gasteiger partial charge in [-0.25, -0.2) is 8.78 Å². The molecule has 5 atom stereocenters. The summed E-state index contributed by atoms with van der Waals surface area (Å²) in [5.41, 5.74) is 0.715. The van der Waals surface area contributed by atoms with E-state index in [9.17, 15) is 8.78 Å². The summed E-state index contributed by atoms with van der Waals surface area (Å²) in [5, 5.41) is 3.63. The van der Waals surface area contributed by atoms with Crippen molar-refractivity contribution in [1.29, 1.82) is 0 Å². The van der Waals surface area contributed by atoms with E-state index >= 15 is 0 Å². The molecule has 2 bridgehead atoms. The lowest BCUT2D eigenvalue weighted by atomic mass is 9.93. The molecule has 3 aliphatic rings. The van der Waals surface area contributed by atoms with E-state index < -0.39 is 11.6 Å². The van der Waals surface area contributed by atoms with Crippen molar-refractivity contribution < 1.29 is 8.78 Å². The smallest absolute Gasteiger partial charge is 0.160 e. The molecule has 0 heterocycles. The summed E-state index contributed by atoms with van der Waals surface area (Å²) >= 11 is 6.15. The fourth-order valence-electron chi connectivity index (χ4n) is 5.17. The molecule has 0 saturated heterocycles. The predicted molar refractivity (Wildman–Crippen MR) is 74.5 cm³/mol. The van der Waals surface area contributed by atoms with Crippen LogP contribution >= 0.6 is 11.6 Å². The van der Waals surface area contributed by atoms with Crippen molar-refractivity contribution in [2.75, 3.05) is 7.05 Å². The van der Waals surface area contributed by atoms with E-state index in [1.807, 2.05) is 7.05 Å². The molecular formula is C16H18ClF2N. The first-order valence-electron chi connectivity index (χ1n) is 7.43. The van der Waals surface area contributed by atoms with Gasteiger partial charge in [-0.3, -0.25) is 0 Å². The maximum absolute atomic E-state index is 13.5. The van der Waals surface area contributed by atoms with Crippen molar-refractivity contribution in [3.05, 3.63) is 34.4 Å². The molecule has 4 heteroatoms. The van der Waals surface area contributed by atoms with Crippen molar-refractivity contribution >= 4 is 11.6 Å². The summed E-state index contributed by atoms with van der Waals surface area (Å²) in [6, 6.07) is 2.42. The van der Waals surface area contributed by atoms with E-state index in [1.165, 1.54) is 25.3 Å². The standard InChI is InChI=1S/C16H18ClF2N/c1-20-16(9-5-11(18)12(19)6-10(9)17)15-13-7-2-3-8(4-7)14(13)15/h5-8,13-16,20H,2-4H2,1H3. The van der Waals surface area contributed by atoms with Crippen molar-refractivity contribution in [2.45, 2.75) is 25.3 Å². The number of benzene rings is 1. The quantitative estimate of drug-likeness (QED) is 0.826. The third-order valence-electron chi connectivity index (χ3n) is 5.87. The first-order valence-corrected chi connectivity index (χ1v) is 7.81. The van der Waals surface area contributed by atoms with Gasteiger partial charge >= 0.3 is 0 Å². The van der Waals surface area contributed by atoms with Crippen LogP contribution in [0.3, 0.4) is 0 Å². The van der Waals surface area contributed by atoms with Crippen LogP contribution in [-0.2, 0) is 0 Å². The van der Waals surface area contributed by atoms with E-state index in [0.717, 1.165) is 29.7 Å². The Hall–Kier alpha value is -0.670. The molecule has 0 radical (unpaired) electrons. The zero-order valence-corrected chi connectivity index (χ0v) is 12.1. The number of hydrogen-bond donors (Lipinski definition) is 1. The second-order valence-corrected chi connectivity index (χ2v) is 7.03. The van der Waals surface area contributed by atoms with Gasteiger partial charge in [0, 0.05) is 11.1 Å². The third kappa shape index (κ3) is 1.69. The zero-order valence-electron chi connectivity index (χ0n) is 11.4. The maximum Gasteiger partial charge on any atom is 0.160 e. The Balaban J connectivity index is 1.65. The lowest BCUT2D eigenvalue weighted by molar-refractivity contribution is 0.383. The number of nitrogens with one attached hydrogen (secondary N) is 1. The van der Waals surface area contributed by atoms with Gasteiger partial charge in [0.1, 0.15) is 0 Å². The average molecular weight is 298 g/mol. The Bertz CT molecular complexity index is 546. The molecular weight excluding hydrogens is 280 g/mol. The maximum atomic E-state index is 13.5. The molecule has 0 spiro atoms. The van der Waals surface area contributed by atoms with Crippen molar-refractivity contribution in [1.82, 2.24) is 5.32 Å². The van der Waals surface area contributed by atoms with Crippen LogP contribution in [0.15, 0.2) is 12.1 Å². The van der Waals surface area contributed by atoms with E-state index in [1.54, 1.807) is 0 Å². The Morgan fingerprint density at radius 3 is 2.35 bits per heavy atom. The third-order valence-corrected chi connectivity index (χ3v) is 6.19. The fourth-order valence-corrected chi connectivity index (χ4v) is 5.44. The first-order chi connectivity index (χ1) is 9.61. The molecule has 3 aliphatic carbocycles. The highest BCUT2D eigenvalue weighted by molar-refractivity contribution is 6.31. The van der Waals surface area contributed by atoms with Crippen molar-refractivity contribution in [3.8, 4) is 0 Å². The summed E-state index contributed by atoms with van der Waals surface area (Å²) in [6.45, 7) is 0. The SMILES string of the molecule is CNC(c1cc(F)c(F)cc1Cl)C1C2C3CCC(C3)C21. The van der Waals surface area contributed by atoms with Crippen LogP contribution in [0.1, 0.15) is 30.9 Å². The Kier molecular flexibility index (Phi) is 2.87. The van der Waals surface area contributed by atoms with Gasteiger partial charge in [0.05, 0.1) is 0 Å². The molecule has 4 rings (SSSR count). The molecule has 1 aromatic carbocycles. The summed E-state index contributed by atoms with van der Waals surface area (Å²) in [5.74, 6) is 2.13. The molecule has 1 nitrogen and oxygen atoms in total. The molecule has 5 unspecified atom stereocenters. The molecule has 0 aromatic heterocycles. The number of fused-ring (bicyclic) bond motifs is 5. The highest BCUT2D eigenvalue weighted by atomic mass is 35.5. The highest BCUT2D eigenvalue weighted by Crippen LogP contribution is 2.72. The Morgan fingerprint density at radius 1 is 1.15 bits per heavy atom. The average Bonchev–Trinajstić information content (AvgIpc) is 2.84. The highest BCUT2D eigenvalue weighted by Gasteiger charge is 2.66. The van der Waals surface area contributed by atoms with Gasteiger partial charge in [0.2, 0.25) is 0 Å². The van der Waals surface area contributed by atoms with Crippen LogP contribution in [0.2, 0.25) is 5.02 Å². The minimum atomic E-state index is -0.871.